The van der Waals surface area contributed by atoms with Gasteiger partial charge in [0.2, 0.25) is 0 Å². The van der Waals surface area contributed by atoms with Gasteiger partial charge in [0, 0.05) is 12.2 Å². The fraction of sp³-hybridized carbons (Fsp3) is 0.400. The molecule has 94 valence electrons. The highest BCUT2D eigenvalue weighted by atomic mass is 32.2. The zero-order valence-electron chi connectivity index (χ0n) is 8.91. The summed E-state index contributed by atoms with van der Waals surface area (Å²) in [4.78, 5) is 0. The summed E-state index contributed by atoms with van der Waals surface area (Å²) in [5.74, 6) is -3.42. The van der Waals surface area contributed by atoms with Gasteiger partial charge in [0.1, 0.15) is 0 Å². The second kappa shape index (κ2) is 4.58. The van der Waals surface area contributed by atoms with Gasteiger partial charge in [-0.2, -0.15) is 8.78 Å². The van der Waals surface area contributed by atoms with Crippen LogP contribution in [0.5, 0.6) is 0 Å². The van der Waals surface area contributed by atoms with Gasteiger partial charge in [0.25, 0.3) is 10.0 Å². The predicted octanol–water partition coefficient (Wildman–Crippen LogP) is 1.30. The molecule has 0 aromatic heterocycles. The van der Waals surface area contributed by atoms with Crippen molar-refractivity contribution < 1.29 is 17.2 Å². The van der Waals surface area contributed by atoms with E-state index in [0.717, 1.165) is 24.1 Å². The first-order valence-corrected chi connectivity index (χ1v) is 6.66. The summed E-state index contributed by atoms with van der Waals surface area (Å²) < 4.78 is 48.2. The van der Waals surface area contributed by atoms with Crippen molar-refractivity contribution in [1.82, 2.24) is 5.32 Å². The van der Waals surface area contributed by atoms with Crippen LogP contribution in [-0.4, -0.2) is 20.7 Å². The van der Waals surface area contributed by atoms with E-state index in [2.05, 4.69) is 5.32 Å². The number of hydrogen-bond acceptors (Lipinski definition) is 3. The van der Waals surface area contributed by atoms with Crippen molar-refractivity contribution in [3.63, 3.8) is 0 Å². The number of anilines is 1. The molecule has 1 aromatic rings. The summed E-state index contributed by atoms with van der Waals surface area (Å²) >= 11 is 0. The zero-order valence-corrected chi connectivity index (χ0v) is 9.73. The van der Waals surface area contributed by atoms with Crippen LogP contribution in [0.25, 0.3) is 0 Å². The van der Waals surface area contributed by atoms with Gasteiger partial charge in [-0.3, -0.25) is 4.72 Å². The average Bonchev–Trinajstić information content (AvgIpc) is 2.28. The van der Waals surface area contributed by atoms with Crippen LogP contribution in [-0.2, 0) is 23.0 Å². The van der Waals surface area contributed by atoms with Gasteiger partial charge >= 0.3 is 5.76 Å². The van der Waals surface area contributed by atoms with Gasteiger partial charge in [-0.05, 0) is 36.2 Å². The lowest BCUT2D eigenvalue weighted by Gasteiger charge is -2.18. The number of alkyl halides is 2. The highest BCUT2D eigenvalue weighted by Crippen LogP contribution is 2.20. The lowest BCUT2D eigenvalue weighted by Crippen LogP contribution is -2.24. The van der Waals surface area contributed by atoms with Crippen LogP contribution in [0, 0.1) is 0 Å². The van der Waals surface area contributed by atoms with E-state index >= 15 is 0 Å². The monoisotopic (exact) mass is 262 g/mol. The number of halogens is 2. The van der Waals surface area contributed by atoms with Gasteiger partial charge in [-0.1, -0.05) is 6.07 Å². The Labute approximate surface area is 98.1 Å². The molecule has 1 aromatic carbocycles. The molecule has 1 aliphatic heterocycles. The summed E-state index contributed by atoms with van der Waals surface area (Å²) in [6.45, 7) is 1.49. The molecule has 2 N–H and O–H groups in total. The standard InChI is InChI=1S/C10H12F2N2O2S/c11-10(12)17(15,16)14-9-2-1-7-3-4-13-6-8(7)5-9/h1-2,5,10,13-14H,3-4,6H2. The van der Waals surface area contributed by atoms with Crippen LogP contribution in [0.15, 0.2) is 18.2 Å². The summed E-state index contributed by atoms with van der Waals surface area (Å²) in [7, 11) is -4.58. The lowest BCUT2D eigenvalue weighted by molar-refractivity contribution is 0.236. The first-order chi connectivity index (χ1) is 7.99. The minimum absolute atomic E-state index is 0.174. The SMILES string of the molecule is O=S(=O)(Nc1ccc2c(c1)CNCC2)C(F)F. The lowest BCUT2D eigenvalue weighted by atomic mass is 10.0. The maximum atomic E-state index is 12.2. The Morgan fingerprint density at radius 1 is 1.29 bits per heavy atom. The van der Waals surface area contributed by atoms with Crippen LogP contribution in [0.2, 0.25) is 0 Å². The highest BCUT2D eigenvalue weighted by Gasteiger charge is 2.24. The topological polar surface area (TPSA) is 58.2 Å². The van der Waals surface area contributed by atoms with Crippen molar-refractivity contribution in [2.24, 2.45) is 0 Å². The Balaban J connectivity index is 2.23. The molecule has 0 amide bonds. The molecule has 0 aliphatic carbocycles. The fourth-order valence-electron chi connectivity index (χ4n) is 1.75. The Kier molecular flexibility index (Phi) is 3.30. The Morgan fingerprint density at radius 3 is 2.76 bits per heavy atom. The molecular formula is C10H12F2N2O2S. The van der Waals surface area contributed by atoms with E-state index in [1.54, 1.807) is 12.1 Å². The third kappa shape index (κ3) is 2.73. The third-order valence-corrected chi connectivity index (χ3v) is 3.58. The largest absolute Gasteiger partial charge is 0.355 e. The third-order valence-electron chi connectivity index (χ3n) is 2.59. The highest BCUT2D eigenvalue weighted by molar-refractivity contribution is 7.93. The number of rotatable bonds is 3. The van der Waals surface area contributed by atoms with Crippen LogP contribution in [0.4, 0.5) is 14.5 Å². The molecule has 1 aliphatic rings. The van der Waals surface area contributed by atoms with Gasteiger partial charge in [0.05, 0.1) is 0 Å². The van der Waals surface area contributed by atoms with Crippen LogP contribution in [0.1, 0.15) is 11.1 Å². The van der Waals surface area contributed by atoms with Crippen molar-refractivity contribution in [2.75, 3.05) is 11.3 Å². The molecule has 0 spiro atoms. The van der Waals surface area contributed by atoms with Crippen molar-refractivity contribution in [2.45, 2.75) is 18.7 Å². The first-order valence-electron chi connectivity index (χ1n) is 5.11. The van der Waals surface area contributed by atoms with Crippen molar-refractivity contribution in [3.8, 4) is 0 Å². The van der Waals surface area contributed by atoms with Crippen molar-refractivity contribution >= 4 is 15.7 Å². The molecule has 7 heteroatoms. The Bertz CT molecular complexity index is 517. The minimum atomic E-state index is -4.58. The van der Waals surface area contributed by atoms with Crippen molar-refractivity contribution in [1.29, 1.82) is 0 Å². The summed E-state index contributed by atoms with van der Waals surface area (Å²) in [6, 6.07) is 4.85. The van der Waals surface area contributed by atoms with E-state index in [0.29, 0.717) is 6.54 Å². The van der Waals surface area contributed by atoms with Gasteiger partial charge in [-0.15, -0.1) is 0 Å². The molecule has 0 radical (unpaired) electrons. The Hall–Kier alpha value is -1.21. The van der Waals surface area contributed by atoms with Gasteiger partial charge in [-0.25, -0.2) is 8.42 Å². The second-order valence-corrected chi connectivity index (χ2v) is 5.47. The maximum Gasteiger partial charge on any atom is 0.355 e. The molecule has 17 heavy (non-hydrogen) atoms. The number of nitrogens with one attached hydrogen (secondary N) is 2. The van der Waals surface area contributed by atoms with E-state index in [-0.39, 0.29) is 5.69 Å². The quantitative estimate of drug-likeness (QED) is 0.863. The predicted molar refractivity (Wildman–Crippen MR) is 60.4 cm³/mol. The van der Waals surface area contributed by atoms with E-state index < -0.39 is 15.8 Å². The van der Waals surface area contributed by atoms with Crippen LogP contribution < -0.4 is 10.0 Å². The average molecular weight is 262 g/mol. The smallest absolute Gasteiger partial charge is 0.312 e. The van der Waals surface area contributed by atoms with Crippen LogP contribution in [0.3, 0.4) is 0 Å². The van der Waals surface area contributed by atoms with Crippen LogP contribution >= 0.6 is 0 Å². The number of hydrogen-bond donors (Lipinski definition) is 2. The normalized spacial score (nSPS) is 15.7. The molecule has 0 fully saturated rings. The van der Waals surface area contributed by atoms with Gasteiger partial charge in [0.15, 0.2) is 0 Å². The van der Waals surface area contributed by atoms with Crippen molar-refractivity contribution in [3.05, 3.63) is 29.3 Å². The zero-order chi connectivity index (χ0) is 12.5. The van der Waals surface area contributed by atoms with E-state index in [9.17, 15) is 17.2 Å². The molecule has 0 unspecified atom stereocenters. The van der Waals surface area contributed by atoms with Gasteiger partial charge < -0.3 is 5.32 Å². The molecule has 4 nitrogen and oxygen atoms in total. The first kappa shape index (κ1) is 12.3. The molecule has 0 saturated heterocycles. The maximum absolute atomic E-state index is 12.2. The van der Waals surface area contributed by atoms with E-state index in [1.165, 1.54) is 6.07 Å². The number of sulfonamides is 1. The fourth-order valence-corrected chi connectivity index (χ4v) is 2.30. The van der Waals surface area contributed by atoms with E-state index in [4.69, 9.17) is 0 Å². The molecule has 1 heterocycles. The summed E-state index contributed by atoms with van der Waals surface area (Å²) in [6.07, 6.45) is 0.858. The Morgan fingerprint density at radius 2 is 2.06 bits per heavy atom. The molecule has 0 atom stereocenters. The molecular weight excluding hydrogens is 250 g/mol. The summed E-state index contributed by atoms with van der Waals surface area (Å²) in [5, 5.41) is 3.13. The number of fused-ring (bicyclic) bond motifs is 1. The summed E-state index contributed by atoms with van der Waals surface area (Å²) in [5.41, 5.74) is 2.22. The molecule has 0 bridgehead atoms. The number of benzene rings is 1. The minimum Gasteiger partial charge on any atom is -0.312 e. The molecule has 2 rings (SSSR count). The second-order valence-electron chi connectivity index (χ2n) is 3.82. The molecule has 0 saturated carbocycles. The van der Waals surface area contributed by atoms with E-state index in [1.807, 2.05) is 4.72 Å².